The third-order valence-corrected chi connectivity index (χ3v) is 8.37. The molecule has 8 nitrogen and oxygen atoms in total. The van der Waals surface area contributed by atoms with E-state index in [0.29, 0.717) is 35.5 Å². The average Bonchev–Trinajstić information content (AvgIpc) is 3.28. The lowest BCUT2D eigenvalue weighted by molar-refractivity contribution is -0.137. The highest BCUT2D eigenvalue weighted by Gasteiger charge is 2.41. The molecule has 2 aromatic heterocycles. The van der Waals surface area contributed by atoms with E-state index in [1.165, 1.54) is 11.0 Å². The zero-order chi connectivity index (χ0) is 30.0. The molecule has 0 spiro atoms. The second kappa shape index (κ2) is 10.3. The van der Waals surface area contributed by atoms with Gasteiger partial charge in [0.25, 0.3) is 17.4 Å². The summed E-state index contributed by atoms with van der Waals surface area (Å²) in [6.45, 7) is 9.86. The molecular weight excluding hydrogens is 559 g/mol. The van der Waals surface area contributed by atoms with E-state index in [2.05, 4.69) is 0 Å². The highest BCUT2D eigenvalue weighted by atomic mass is 35.5. The summed E-state index contributed by atoms with van der Waals surface area (Å²) in [7, 11) is 0. The minimum absolute atomic E-state index is 0.00495. The van der Waals surface area contributed by atoms with Crippen molar-refractivity contribution < 1.29 is 22.8 Å². The summed E-state index contributed by atoms with van der Waals surface area (Å²) >= 11 is 5.76. The van der Waals surface area contributed by atoms with Crippen LogP contribution in [0.25, 0.3) is 0 Å². The Bertz CT molecular complexity index is 1600. The van der Waals surface area contributed by atoms with Crippen LogP contribution in [0.15, 0.2) is 41.3 Å². The molecule has 0 saturated carbocycles. The molecular formula is C29H31ClF3N5O3. The highest BCUT2D eigenvalue weighted by molar-refractivity contribution is 6.31. The first kappa shape index (κ1) is 28.9. The van der Waals surface area contributed by atoms with Crippen LogP contribution in [0.3, 0.4) is 0 Å². The van der Waals surface area contributed by atoms with Crippen molar-refractivity contribution in [3.8, 4) is 0 Å². The van der Waals surface area contributed by atoms with Gasteiger partial charge in [0, 0.05) is 48.4 Å². The molecule has 3 atom stereocenters. The van der Waals surface area contributed by atoms with Crippen molar-refractivity contribution in [2.24, 2.45) is 0 Å². The Morgan fingerprint density at radius 2 is 1.78 bits per heavy atom. The third kappa shape index (κ3) is 5.05. The number of carbonyl (C=O) groups is 2. The Kier molecular flexibility index (Phi) is 7.30. The van der Waals surface area contributed by atoms with Crippen LogP contribution in [-0.4, -0.2) is 48.5 Å². The number of benzene rings is 1. The van der Waals surface area contributed by atoms with Crippen LogP contribution >= 0.6 is 11.6 Å². The van der Waals surface area contributed by atoms with E-state index in [1.807, 2.05) is 33.8 Å². The largest absolute Gasteiger partial charge is 0.417 e. The summed E-state index contributed by atoms with van der Waals surface area (Å²) in [6, 6.07) is 5.59. The smallest absolute Gasteiger partial charge is 0.331 e. The van der Waals surface area contributed by atoms with Crippen molar-refractivity contribution in [3.63, 3.8) is 0 Å². The zero-order valence-corrected chi connectivity index (χ0v) is 24.1. The molecule has 12 heteroatoms. The van der Waals surface area contributed by atoms with Gasteiger partial charge in [-0.1, -0.05) is 11.6 Å². The highest BCUT2D eigenvalue weighted by Crippen LogP contribution is 2.37. The van der Waals surface area contributed by atoms with Gasteiger partial charge in [0.05, 0.1) is 34.9 Å². The molecule has 0 unspecified atom stereocenters. The normalized spacial score (nSPS) is 19.8. The van der Waals surface area contributed by atoms with Crippen LogP contribution < -0.4 is 5.56 Å². The molecule has 2 aliphatic heterocycles. The van der Waals surface area contributed by atoms with E-state index in [9.17, 15) is 27.6 Å². The lowest BCUT2D eigenvalue weighted by Crippen LogP contribution is -2.45. The lowest BCUT2D eigenvalue weighted by atomic mass is 9.96. The summed E-state index contributed by atoms with van der Waals surface area (Å²) in [5.74, 6) is -0.859. The van der Waals surface area contributed by atoms with Gasteiger partial charge in [-0.2, -0.15) is 18.3 Å². The van der Waals surface area contributed by atoms with Crippen molar-refractivity contribution in [1.29, 1.82) is 0 Å². The summed E-state index contributed by atoms with van der Waals surface area (Å²) in [5.41, 5.74) is 0.990. The topological polar surface area (TPSA) is 80.4 Å². The molecule has 3 aromatic rings. The summed E-state index contributed by atoms with van der Waals surface area (Å²) in [6.07, 6.45) is -2.62. The Hall–Kier alpha value is -3.60. The maximum Gasteiger partial charge on any atom is 0.417 e. The molecule has 0 fully saturated rings. The van der Waals surface area contributed by atoms with Crippen molar-refractivity contribution in [3.05, 3.63) is 85.5 Å². The first-order valence-electron chi connectivity index (χ1n) is 13.5. The Labute approximate surface area is 240 Å². The van der Waals surface area contributed by atoms with Gasteiger partial charge in [0.1, 0.15) is 5.69 Å². The molecule has 0 radical (unpaired) electrons. The van der Waals surface area contributed by atoms with Crippen LogP contribution in [0.1, 0.15) is 96.0 Å². The van der Waals surface area contributed by atoms with Crippen molar-refractivity contribution in [1.82, 2.24) is 24.1 Å². The summed E-state index contributed by atoms with van der Waals surface area (Å²) in [5, 5.41) is 4.24. The molecule has 1 aromatic carbocycles. The van der Waals surface area contributed by atoms with Gasteiger partial charge in [-0.15, -0.1) is 0 Å². The molecule has 0 aliphatic carbocycles. The predicted molar refractivity (Wildman–Crippen MR) is 147 cm³/mol. The fourth-order valence-electron chi connectivity index (χ4n) is 5.71. The third-order valence-electron chi connectivity index (χ3n) is 8.04. The van der Waals surface area contributed by atoms with Crippen LogP contribution in [0, 0.1) is 0 Å². The fourth-order valence-corrected chi connectivity index (χ4v) is 5.93. The minimum atomic E-state index is -4.71. The van der Waals surface area contributed by atoms with E-state index in [-0.39, 0.29) is 41.7 Å². The maximum atomic E-state index is 13.9. The number of hydrogen-bond donors (Lipinski definition) is 0. The van der Waals surface area contributed by atoms with Gasteiger partial charge in [-0.25, -0.2) is 0 Å². The number of pyridine rings is 1. The number of amides is 2. The molecule has 41 heavy (non-hydrogen) atoms. The quantitative estimate of drug-likeness (QED) is 0.393. The standard InChI is InChI=1S/C29H31ClF3N5O3/c1-15(2)35-9-8-19(12-25(35)39)18(5)37-13-17(4)38-26(28(37)41)21-14-36(16(3)10-24(21)34-38)27(40)20-6-7-23(30)22(11-20)29(31,32)33/h6-9,11-12,15-18H,10,13-14H2,1-5H3/t16-,17-,18+/m1/s1. The molecule has 0 saturated heterocycles. The van der Waals surface area contributed by atoms with Gasteiger partial charge in [0.15, 0.2) is 0 Å². The number of alkyl halides is 3. The van der Waals surface area contributed by atoms with Crippen LogP contribution in [-0.2, 0) is 19.1 Å². The zero-order valence-electron chi connectivity index (χ0n) is 23.4. The number of aromatic nitrogens is 3. The lowest BCUT2D eigenvalue weighted by Gasteiger charge is -2.37. The van der Waals surface area contributed by atoms with Gasteiger partial charge < -0.3 is 14.4 Å². The number of fused-ring (bicyclic) bond motifs is 3. The molecule has 4 heterocycles. The van der Waals surface area contributed by atoms with E-state index in [0.717, 1.165) is 12.1 Å². The number of nitrogens with zero attached hydrogens (tertiary/aromatic N) is 5. The number of hydrogen-bond acceptors (Lipinski definition) is 4. The van der Waals surface area contributed by atoms with E-state index < -0.39 is 28.7 Å². The maximum absolute atomic E-state index is 13.9. The molecule has 218 valence electrons. The van der Waals surface area contributed by atoms with Crippen LogP contribution in [0.4, 0.5) is 13.2 Å². The molecule has 2 aliphatic rings. The molecule has 0 N–H and O–H groups in total. The number of carbonyl (C=O) groups excluding carboxylic acids is 2. The van der Waals surface area contributed by atoms with Crippen molar-refractivity contribution in [2.45, 2.75) is 77.9 Å². The monoisotopic (exact) mass is 589 g/mol. The van der Waals surface area contributed by atoms with Gasteiger partial charge in [-0.05, 0) is 64.4 Å². The van der Waals surface area contributed by atoms with Gasteiger partial charge in [0.2, 0.25) is 0 Å². The number of halogens is 4. The Morgan fingerprint density at radius 3 is 2.41 bits per heavy atom. The molecule has 2 amide bonds. The minimum Gasteiger partial charge on any atom is -0.331 e. The number of rotatable bonds is 4. The predicted octanol–water partition coefficient (Wildman–Crippen LogP) is 5.66. The summed E-state index contributed by atoms with van der Waals surface area (Å²) in [4.78, 5) is 43.2. The Morgan fingerprint density at radius 1 is 1.07 bits per heavy atom. The van der Waals surface area contributed by atoms with Gasteiger partial charge >= 0.3 is 6.18 Å². The second-order valence-electron chi connectivity index (χ2n) is 11.2. The first-order valence-corrected chi connectivity index (χ1v) is 13.9. The van der Waals surface area contributed by atoms with Crippen molar-refractivity contribution in [2.75, 3.05) is 6.54 Å². The van der Waals surface area contributed by atoms with Crippen LogP contribution in [0.5, 0.6) is 0 Å². The SMILES string of the molecule is CC(C)n1ccc([C@H](C)N2C[C@@H](C)n3nc4c(c3C2=O)CN(C(=O)c2ccc(Cl)c(C(F)(F)F)c2)[C@H](C)C4)cc1=O. The van der Waals surface area contributed by atoms with Crippen molar-refractivity contribution >= 4 is 23.4 Å². The molecule has 0 bridgehead atoms. The van der Waals surface area contributed by atoms with Gasteiger partial charge in [-0.3, -0.25) is 19.1 Å². The summed E-state index contributed by atoms with van der Waals surface area (Å²) < 4.78 is 43.7. The molecule has 5 rings (SSSR count). The van der Waals surface area contributed by atoms with Crippen LogP contribution in [0.2, 0.25) is 5.02 Å². The Balaban J connectivity index is 1.47. The first-order chi connectivity index (χ1) is 19.2. The van der Waals surface area contributed by atoms with E-state index >= 15 is 0 Å². The average molecular weight is 590 g/mol. The van der Waals surface area contributed by atoms with E-state index in [1.54, 1.807) is 33.3 Å². The fraction of sp³-hybridized carbons (Fsp3) is 0.448. The van der Waals surface area contributed by atoms with E-state index in [4.69, 9.17) is 16.7 Å². The second-order valence-corrected chi connectivity index (χ2v) is 11.6.